The van der Waals surface area contributed by atoms with Crippen LogP contribution in [0, 0.1) is 0 Å². The number of tetrazole rings is 1. The SMILES string of the molecule is CCCCCc1cn(CCc2ccccc2)c(=O)n1Cc1ccc(-c2cccnc2-c2nn[nH]n2)cc1. The van der Waals surface area contributed by atoms with Gasteiger partial charge in [0.1, 0.15) is 5.69 Å². The van der Waals surface area contributed by atoms with Crippen LogP contribution in [0.15, 0.2) is 83.9 Å². The van der Waals surface area contributed by atoms with E-state index in [4.69, 9.17) is 0 Å². The van der Waals surface area contributed by atoms with Gasteiger partial charge in [-0.25, -0.2) is 4.79 Å². The highest BCUT2D eigenvalue weighted by atomic mass is 16.1. The number of nitrogens with zero attached hydrogens (tertiary/aromatic N) is 6. The highest BCUT2D eigenvalue weighted by molar-refractivity contribution is 5.77. The zero-order valence-corrected chi connectivity index (χ0v) is 21.0. The quantitative estimate of drug-likeness (QED) is 0.264. The van der Waals surface area contributed by atoms with Gasteiger partial charge in [-0.05, 0) is 47.2 Å². The first-order chi connectivity index (χ1) is 18.2. The Hall–Kier alpha value is -4.33. The lowest BCUT2D eigenvalue weighted by Crippen LogP contribution is -2.26. The molecule has 3 aromatic heterocycles. The molecule has 0 fully saturated rings. The van der Waals surface area contributed by atoms with Crippen molar-refractivity contribution in [1.82, 2.24) is 34.7 Å². The van der Waals surface area contributed by atoms with E-state index in [1.807, 2.05) is 39.5 Å². The summed E-state index contributed by atoms with van der Waals surface area (Å²) in [5.74, 6) is 0.458. The van der Waals surface area contributed by atoms with Gasteiger partial charge in [-0.15, -0.1) is 10.2 Å². The smallest absolute Gasteiger partial charge is 0.299 e. The van der Waals surface area contributed by atoms with Crippen LogP contribution >= 0.6 is 0 Å². The molecule has 8 nitrogen and oxygen atoms in total. The fourth-order valence-electron chi connectivity index (χ4n) is 4.61. The molecule has 0 bridgehead atoms. The summed E-state index contributed by atoms with van der Waals surface area (Å²) in [6.45, 7) is 3.42. The lowest BCUT2D eigenvalue weighted by molar-refractivity contribution is 0.622. The minimum absolute atomic E-state index is 0.0539. The monoisotopic (exact) mass is 493 g/mol. The first kappa shape index (κ1) is 24.4. The number of pyridine rings is 1. The van der Waals surface area contributed by atoms with Crippen LogP contribution < -0.4 is 5.69 Å². The molecule has 1 N–H and O–H groups in total. The Bertz CT molecular complexity index is 1470. The second-order valence-corrected chi connectivity index (χ2v) is 9.21. The maximum atomic E-state index is 13.4. The molecule has 0 unspecified atom stereocenters. The van der Waals surface area contributed by atoms with Gasteiger partial charge in [0.25, 0.3) is 0 Å². The van der Waals surface area contributed by atoms with Gasteiger partial charge in [0.05, 0.1) is 6.54 Å². The summed E-state index contributed by atoms with van der Waals surface area (Å²) in [5.41, 5.74) is 6.08. The number of nitrogens with one attached hydrogen (secondary N) is 1. The Kier molecular flexibility index (Phi) is 7.64. The number of aryl methyl sites for hydroxylation is 3. The minimum atomic E-state index is 0.0539. The van der Waals surface area contributed by atoms with Crippen molar-refractivity contribution in [2.24, 2.45) is 0 Å². The first-order valence-electron chi connectivity index (χ1n) is 12.8. The number of hydrogen-bond acceptors (Lipinski definition) is 5. The largest absolute Gasteiger partial charge is 0.328 e. The zero-order chi connectivity index (χ0) is 25.5. The van der Waals surface area contributed by atoms with Crippen molar-refractivity contribution in [3.63, 3.8) is 0 Å². The average molecular weight is 494 g/mol. The van der Waals surface area contributed by atoms with Gasteiger partial charge in [-0.3, -0.25) is 14.1 Å². The van der Waals surface area contributed by atoms with Crippen molar-refractivity contribution in [3.05, 3.63) is 106 Å². The van der Waals surface area contributed by atoms with Crippen molar-refractivity contribution in [2.75, 3.05) is 0 Å². The van der Waals surface area contributed by atoms with Crippen LogP contribution in [-0.2, 0) is 25.9 Å². The summed E-state index contributed by atoms with van der Waals surface area (Å²) in [6, 6.07) is 22.5. The molecule has 37 heavy (non-hydrogen) atoms. The van der Waals surface area contributed by atoms with Gasteiger partial charge in [0, 0.05) is 30.2 Å². The molecular formula is C29H31N7O. The van der Waals surface area contributed by atoms with E-state index in [0.717, 1.165) is 54.5 Å². The van der Waals surface area contributed by atoms with E-state index in [2.05, 4.69) is 75.1 Å². The predicted molar refractivity (Wildman–Crippen MR) is 144 cm³/mol. The summed E-state index contributed by atoms with van der Waals surface area (Å²) in [5, 5.41) is 14.3. The number of imidazole rings is 1. The number of unbranched alkanes of at least 4 members (excludes halogenated alkanes) is 2. The fraction of sp³-hybridized carbons (Fsp3) is 0.276. The second-order valence-electron chi connectivity index (χ2n) is 9.21. The van der Waals surface area contributed by atoms with E-state index < -0.39 is 0 Å². The number of hydrogen-bond donors (Lipinski definition) is 1. The summed E-state index contributed by atoms with van der Waals surface area (Å²) in [4.78, 5) is 17.9. The van der Waals surface area contributed by atoms with E-state index >= 15 is 0 Å². The van der Waals surface area contributed by atoms with Crippen molar-refractivity contribution in [2.45, 2.75) is 52.1 Å². The maximum Gasteiger partial charge on any atom is 0.328 e. The van der Waals surface area contributed by atoms with Gasteiger partial charge in [0.15, 0.2) is 0 Å². The van der Waals surface area contributed by atoms with Gasteiger partial charge in [-0.1, -0.05) is 80.4 Å². The van der Waals surface area contributed by atoms with E-state index in [0.29, 0.717) is 24.6 Å². The standard InChI is InChI=1S/C29H31N7O/c1-2-3-5-11-25-21-35(19-17-22-9-6-4-7-10-22)29(37)36(25)20-23-13-15-24(16-14-23)26-12-8-18-30-27(26)28-31-33-34-32-28/h4,6-10,12-16,18,21H,2-3,5,11,17,19-20H2,1H3,(H,31,32,33,34). The van der Waals surface area contributed by atoms with Crippen LogP contribution in [0.1, 0.15) is 43.0 Å². The summed E-state index contributed by atoms with van der Waals surface area (Å²) >= 11 is 0. The molecule has 188 valence electrons. The number of H-pyrrole nitrogens is 1. The van der Waals surface area contributed by atoms with Crippen LogP contribution in [0.3, 0.4) is 0 Å². The number of benzene rings is 2. The molecule has 0 radical (unpaired) electrons. The summed E-state index contributed by atoms with van der Waals surface area (Å²) < 4.78 is 3.81. The third kappa shape index (κ3) is 5.74. The lowest BCUT2D eigenvalue weighted by Gasteiger charge is -2.10. The van der Waals surface area contributed by atoms with Crippen LogP contribution in [-0.4, -0.2) is 34.7 Å². The predicted octanol–water partition coefficient (Wildman–Crippen LogP) is 4.92. The molecule has 0 aliphatic carbocycles. The topological polar surface area (TPSA) is 94.3 Å². The third-order valence-corrected chi connectivity index (χ3v) is 6.62. The highest BCUT2D eigenvalue weighted by Gasteiger charge is 2.14. The normalized spacial score (nSPS) is 11.2. The highest BCUT2D eigenvalue weighted by Crippen LogP contribution is 2.28. The van der Waals surface area contributed by atoms with Crippen molar-refractivity contribution in [3.8, 4) is 22.6 Å². The summed E-state index contributed by atoms with van der Waals surface area (Å²) in [7, 11) is 0. The lowest BCUT2D eigenvalue weighted by atomic mass is 10.0. The van der Waals surface area contributed by atoms with E-state index in [-0.39, 0.29) is 5.69 Å². The van der Waals surface area contributed by atoms with Crippen LogP contribution in [0.4, 0.5) is 0 Å². The molecule has 0 aliphatic rings. The van der Waals surface area contributed by atoms with Crippen molar-refractivity contribution >= 4 is 0 Å². The van der Waals surface area contributed by atoms with Gasteiger partial charge in [-0.2, -0.15) is 5.21 Å². The number of rotatable bonds is 11. The molecule has 0 saturated heterocycles. The fourth-order valence-corrected chi connectivity index (χ4v) is 4.61. The first-order valence-corrected chi connectivity index (χ1v) is 12.8. The Morgan fingerprint density at radius 3 is 2.49 bits per heavy atom. The Morgan fingerprint density at radius 2 is 1.73 bits per heavy atom. The maximum absolute atomic E-state index is 13.4. The molecule has 0 atom stereocenters. The molecule has 5 rings (SSSR count). The second kappa shape index (κ2) is 11.6. The minimum Gasteiger partial charge on any atom is -0.299 e. The van der Waals surface area contributed by atoms with Gasteiger partial charge < -0.3 is 0 Å². The van der Waals surface area contributed by atoms with Crippen molar-refractivity contribution in [1.29, 1.82) is 0 Å². The average Bonchev–Trinajstić information content (AvgIpc) is 3.58. The van der Waals surface area contributed by atoms with Crippen LogP contribution in [0.2, 0.25) is 0 Å². The zero-order valence-electron chi connectivity index (χ0n) is 21.0. The molecular weight excluding hydrogens is 462 g/mol. The third-order valence-electron chi connectivity index (χ3n) is 6.62. The Labute approximate surface area is 216 Å². The molecule has 0 aliphatic heterocycles. The Morgan fingerprint density at radius 1 is 0.892 bits per heavy atom. The van der Waals surface area contributed by atoms with Gasteiger partial charge in [0.2, 0.25) is 5.82 Å². The molecule has 3 heterocycles. The van der Waals surface area contributed by atoms with Gasteiger partial charge >= 0.3 is 5.69 Å². The molecule has 5 aromatic rings. The van der Waals surface area contributed by atoms with E-state index in [1.165, 1.54) is 5.56 Å². The van der Waals surface area contributed by atoms with E-state index in [1.54, 1.807) is 6.20 Å². The molecule has 2 aromatic carbocycles. The molecule has 0 amide bonds. The van der Waals surface area contributed by atoms with Crippen LogP contribution in [0.25, 0.3) is 22.6 Å². The molecule has 0 saturated carbocycles. The van der Waals surface area contributed by atoms with Crippen LogP contribution in [0.5, 0.6) is 0 Å². The van der Waals surface area contributed by atoms with Crippen molar-refractivity contribution < 1.29 is 0 Å². The molecule has 8 heteroatoms. The molecule has 0 spiro atoms. The summed E-state index contributed by atoms with van der Waals surface area (Å²) in [6.07, 6.45) is 8.91. The number of aromatic nitrogens is 7. The van der Waals surface area contributed by atoms with E-state index in [9.17, 15) is 4.79 Å². The number of aromatic amines is 1. The Balaban J connectivity index is 1.38.